The number of aromatic hydroxyl groups is 1. The number of rotatable bonds is 1. The molecule has 1 aromatic carbocycles. The number of benzene rings is 1. The van der Waals surface area contributed by atoms with E-state index in [1.807, 2.05) is 6.92 Å². The zero-order valence-electron chi connectivity index (χ0n) is 12.1. The number of fused-ring (bicyclic) bond motifs is 2. The summed E-state index contributed by atoms with van der Waals surface area (Å²) >= 11 is 0. The molecule has 112 valence electrons. The summed E-state index contributed by atoms with van der Waals surface area (Å²) in [6.07, 6.45) is 1.57. The van der Waals surface area contributed by atoms with E-state index in [4.69, 9.17) is 0 Å². The van der Waals surface area contributed by atoms with Crippen LogP contribution in [0.15, 0.2) is 52.4 Å². The Balaban J connectivity index is 2.00. The van der Waals surface area contributed by atoms with E-state index < -0.39 is 11.4 Å². The van der Waals surface area contributed by atoms with E-state index in [-0.39, 0.29) is 17.1 Å². The number of carbonyl (C=O) groups excluding carboxylic acids is 1. The number of aliphatic imine (C=N–C) groups is 1. The molecule has 0 spiro atoms. The van der Waals surface area contributed by atoms with Gasteiger partial charge in [0.05, 0.1) is 5.69 Å². The first-order chi connectivity index (χ1) is 11.1. The highest BCUT2D eigenvalue weighted by molar-refractivity contribution is 6.55. The molecule has 0 unspecified atom stereocenters. The van der Waals surface area contributed by atoms with Crippen LogP contribution in [-0.2, 0) is 0 Å². The topological polar surface area (TPSA) is 84.0 Å². The van der Waals surface area contributed by atoms with E-state index in [1.54, 1.807) is 42.6 Å². The highest BCUT2D eigenvalue weighted by Gasteiger charge is 2.30. The second-order valence-corrected chi connectivity index (χ2v) is 5.35. The molecular weight excluding hydrogens is 294 g/mol. The van der Waals surface area contributed by atoms with E-state index in [0.29, 0.717) is 16.9 Å². The Labute approximate surface area is 130 Å². The molecule has 0 aliphatic carbocycles. The van der Waals surface area contributed by atoms with Gasteiger partial charge in [0.2, 0.25) is 11.7 Å². The molecule has 23 heavy (non-hydrogen) atoms. The van der Waals surface area contributed by atoms with Gasteiger partial charge in [-0.3, -0.25) is 14.0 Å². The summed E-state index contributed by atoms with van der Waals surface area (Å²) in [5.74, 6) is -0.873. The number of aryl methyl sites for hydroxylation is 1. The molecule has 0 amide bonds. The summed E-state index contributed by atoms with van der Waals surface area (Å²) in [5, 5.41) is 10.2. The van der Waals surface area contributed by atoms with Gasteiger partial charge in [-0.2, -0.15) is 4.98 Å². The maximum atomic E-state index is 12.7. The van der Waals surface area contributed by atoms with E-state index in [0.717, 1.165) is 5.56 Å². The fourth-order valence-electron chi connectivity index (χ4n) is 2.67. The van der Waals surface area contributed by atoms with Gasteiger partial charge in [-0.25, -0.2) is 4.99 Å². The van der Waals surface area contributed by atoms with Crippen LogP contribution in [0.5, 0.6) is 5.88 Å². The minimum absolute atomic E-state index is 0.0730. The molecule has 0 saturated carbocycles. The SMILES string of the molecule is Cc1ccn2c(=O)c(C3=Nc4ccccc4C3=O)c(O)nc2c1. The van der Waals surface area contributed by atoms with Crippen molar-refractivity contribution in [3.05, 3.63) is 69.6 Å². The van der Waals surface area contributed by atoms with Crippen molar-refractivity contribution in [2.45, 2.75) is 6.92 Å². The van der Waals surface area contributed by atoms with Crippen molar-refractivity contribution in [1.82, 2.24) is 9.38 Å². The molecule has 0 atom stereocenters. The lowest BCUT2D eigenvalue weighted by Gasteiger charge is -2.06. The van der Waals surface area contributed by atoms with E-state index in [1.165, 1.54) is 4.40 Å². The lowest BCUT2D eigenvalue weighted by molar-refractivity contribution is 0.106. The fraction of sp³-hybridized carbons (Fsp3) is 0.0588. The van der Waals surface area contributed by atoms with Gasteiger partial charge in [-0.15, -0.1) is 0 Å². The Morgan fingerprint density at radius 2 is 1.91 bits per heavy atom. The molecule has 6 heteroatoms. The van der Waals surface area contributed by atoms with Crippen molar-refractivity contribution in [3.63, 3.8) is 0 Å². The quantitative estimate of drug-likeness (QED) is 0.745. The number of para-hydroxylation sites is 1. The van der Waals surface area contributed by atoms with Crippen LogP contribution in [0.25, 0.3) is 5.65 Å². The number of hydrogen-bond donors (Lipinski definition) is 1. The third kappa shape index (κ3) is 1.88. The lowest BCUT2D eigenvalue weighted by atomic mass is 10.0. The first kappa shape index (κ1) is 13.4. The maximum absolute atomic E-state index is 12.7. The number of carbonyl (C=O) groups is 1. The third-order valence-electron chi connectivity index (χ3n) is 3.80. The predicted molar refractivity (Wildman–Crippen MR) is 84.8 cm³/mol. The molecule has 4 rings (SSSR count). The van der Waals surface area contributed by atoms with Gasteiger partial charge in [0.25, 0.3) is 5.56 Å². The molecule has 1 N–H and O–H groups in total. The van der Waals surface area contributed by atoms with E-state index >= 15 is 0 Å². The molecule has 3 aromatic rings. The van der Waals surface area contributed by atoms with Gasteiger partial charge in [-0.05, 0) is 36.8 Å². The summed E-state index contributed by atoms with van der Waals surface area (Å²) in [6.45, 7) is 1.86. The van der Waals surface area contributed by atoms with Gasteiger partial charge in [0, 0.05) is 11.8 Å². The monoisotopic (exact) mass is 305 g/mol. The Bertz CT molecular complexity index is 1080. The van der Waals surface area contributed by atoms with Crippen molar-refractivity contribution in [1.29, 1.82) is 0 Å². The summed E-state index contributed by atoms with van der Waals surface area (Å²) in [7, 11) is 0. The fourth-order valence-corrected chi connectivity index (χ4v) is 2.67. The molecule has 0 saturated heterocycles. The van der Waals surface area contributed by atoms with Crippen molar-refractivity contribution >= 4 is 22.8 Å². The Morgan fingerprint density at radius 1 is 1.13 bits per heavy atom. The molecule has 2 aromatic heterocycles. The highest BCUT2D eigenvalue weighted by atomic mass is 16.3. The van der Waals surface area contributed by atoms with Crippen molar-refractivity contribution in [2.75, 3.05) is 0 Å². The molecule has 3 heterocycles. The molecule has 0 radical (unpaired) electrons. The molecule has 6 nitrogen and oxygen atoms in total. The summed E-state index contributed by atoms with van der Waals surface area (Å²) < 4.78 is 1.29. The maximum Gasteiger partial charge on any atom is 0.271 e. The first-order valence-corrected chi connectivity index (χ1v) is 7.01. The first-order valence-electron chi connectivity index (χ1n) is 7.01. The Morgan fingerprint density at radius 3 is 2.70 bits per heavy atom. The van der Waals surface area contributed by atoms with Crippen LogP contribution in [0.3, 0.4) is 0 Å². The highest BCUT2D eigenvalue weighted by Crippen LogP contribution is 2.29. The third-order valence-corrected chi connectivity index (χ3v) is 3.80. The van der Waals surface area contributed by atoms with Crippen LogP contribution in [0, 0.1) is 6.92 Å². The Kier molecular flexibility index (Phi) is 2.68. The summed E-state index contributed by atoms with van der Waals surface area (Å²) in [5.41, 5.74) is 1.36. The Hall–Kier alpha value is -3.28. The summed E-state index contributed by atoms with van der Waals surface area (Å²) in [6, 6.07) is 10.2. The standard InChI is InChI=1S/C17H11N3O3/c1-9-6-7-20-12(8-9)19-16(22)13(17(20)23)14-15(21)10-4-2-3-5-11(10)18-14/h2-8,22H,1H3. The molecule has 0 fully saturated rings. The average molecular weight is 305 g/mol. The number of hydrogen-bond acceptors (Lipinski definition) is 5. The average Bonchev–Trinajstić information content (AvgIpc) is 2.84. The zero-order chi connectivity index (χ0) is 16.1. The second-order valence-electron chi connectivity index (χ2n) is 5.35. The van der Waals surface area contributed by atoms with Crippen molar-refractivity contribution < 1.29 is 9.90 Å². The van der Waals surface area contributed by atoms with Gasteiger partial charge in [-0.1, -0.05) is 12.1 Å². The summed E-state index contributed by atoms with van der Waals surface area (Å²) in [4.78, 5) is 33.4. The van der Waals surface area contributed by atoms with Crippen LogP contribution in [-0.4, -0.2) is 26.0 Å². The van der Waals surface area contributed by atoms with Crippen LogP contribution in [0.2, 0.25) is 0 Å². The van der Waals surface area contributed by atoms with Crippen LogP contribution < -0.4 is 5.56 Å². The van der Waals surface area contributed by atoms with E-state index in [9.17, 15) is 14.7 Å². The minimum Gasteiger partial charge on any atom is -0.493 e. The normalized spacial score (nSPS) is 13.3. The lowest BCUT2D eigenvalue weighted by Crippen LogP contribution is -2.26. The van der Waals surface area contributed by atoms with Gasteiger partial charge in [0.15, 0.2) is 0 Å². The van der Waals surface area contributed by atoms with Gasteiger partial charge >= 0.3 is 0 Å². The largest absolute Gasteiger partial charge is 0.493 e. The van der Waals surface area contributed by atoms with Crippen LogP contribution in [0.4, 0.5) is 5.69 Å². The number of pyridine rings is 1. The number of ketones is 1. The predicted octanol–water partition coefficient (Wildman–Crippen LogP) is 2.03. The number of nitrogens with zero attached hydrogens (tertiary/aromatic N) is 3. The minimum atomic E-state index is -0.521. The van der Waals surface area contributed by atoms with E-state index in [2.05, 4.69) is 9.98 Å². The van der Waals surface area contributed by atoms with Crippen molar-refractivity contribution in [3.8, 4) is 5.88 Å². The molecule has 0 bridgehead atoms. The van der Waals surface area contributed by atoms with Crippen LogP contribution in [0.1, 0.15) is 21.5 Å². The second kappa shape index (κ2) is 4.61. The van der Waals surface area contributed by atoms with Crippen molar-refractivity contribution in [2.24, 2.45) is 4.99 Å². The molecular formula is C17H11N3O3. The molecule has 1 aliphatic rings. The zero-order valence-corrected chi connectivity index (χ0v) is 12.1. The smallest absolute Gasteiger partial charge is 0.271 e. The van der Waals surface area contributed by atoms with Crippen LogP contribution >= 0.6 is 0 Å². The van der Waals surface area contributed by atoms with Gasteiger partial charge in [0.1, 0.15) is 16.9 Å². The molecule has 1 aliphatic heterocycles. The van der Waals surface area contributed by atoms with Gasteiger partial charge < -0.3 is 5.11 Å². The number of Topliss-reactive ketones (excluding diaryl/α,β-unsaturated/α-hetero) is 1. The number of aromatic nitrogens is 2.